The van der Waals surface area contributed by atoms with E-state index in [0.29, 0.717) is 19.5 Å². The number of benzene rings is 2. The van der Waals surface area contributed by atoms with Crippen LogP contribution in [-0.2, 0) is 19.1 Å². The maximum atomic E-state index is 13.0. The van der Waals surface area contributed by atoms with Crippen LogP contribution in [0.15, 0.2) is 48.5 Å². The number of fused-ring (bicyclic) bond motifs is 3. The van der Waals surface area contributed by atoms with Gasteiger partial charge in [0.1, 0.15) is 12.6 Å². The number of alkyl carbamates (subject to hydrolysis) is 1. The van der Waals surface area contributed by atoms with Gasteiger partial charge >= 0.3 is 12.1 Å². The first-order chi connectivity index (χ1) is 16.4. The molecular weight excluding hydrogens is 436 g/mol. The molecule has 8 nitrogen and oxygen atoms in total. The van der Waals surface area contributed by atoms with Crippen molar-refractivity contribution in [1.29, 1.82) is 0 Å². The summed E-state index contributed by atoms with van der Waals surface area (Å²) in [6.07, 6.45) is -0.607. The lowest BCUT2D eigenvalue weighted by Crippen LogP contribution is -2.60. The topological polar surface area (TPSA) is 105 Å². The van der Waals surface area contributed by atoms with Gasteiger partial charge in [0.2, 0.25) is 5.91 Å². The number of hydrogen-bond donors (Lipinski definition) is 2. The molecule has 0 saturated carbocycles. The molecule has 0 radical (unpaired) electrons. The molecule has 2 aromatic rings. The van der Waals surface area contributed by atoms with Crippen LogP contribution >= 0.6 is 0 Å². The number of hydrogen-bond acceptors (Lipinski definition) is 5. The molecule has 1 fully saturated rings. The number of ether oxygens (including phenoxy) is 2. The molecule has 1 aliphatic carbocycles. The Morgan fingerprint density at radius 3 is 2.21 bits per heavy atom. The van der Waals surface area contributed by atoms with E-state index < -0.39 is 24.2 Å². The summed E-state index contributed by atoms with van der Waals surface area (Å²) >= 11 is 0. The van der Waals surface area contributed by atoms with E-state index in [1.807, 2.05) is 36.4 Å². The Kier molecular flexibility index (Phi) is 7.17. The van der Waals surface area contributed by atoms with Crippen LogP contribution in [-0.4, -0.2) is 66.9 Å². The highest BCUT2D eigenvalue weighted by Crippen LogP contribution is 2.44. The van der Waals surface area contributed by atoms with Gasteiger partial charge in [0, 0.05) is 32.5 Å². The Morgan fingerprint density at radius 1 is 1.06 bits per heavy atom. The van der Waals surface area contributed by atoms with Gasteiger partial charge < -0.3 is 24.8 Å². The van der Waals surface area contributed by atoms with Crippen LogP contribution in [0.5, 0.6) is 0 Å². The lowest BCUT2D eigenvalue weighted by atomic mass is 9.93. The van der Waals surface area contributed by atoms with E-state index in [1.54, 1.807) is 11.8 Å². The molecule has 8 heteroatoms. The standard InChI is InChI=1S/C26H30N2O6/c1-16(33-2)24(25(31)28-13-17(14-28)11-12-23(29)30)27-26(32)34-15-22-20-9-5-3-7-18(20)19-8-4-6-10-21(19)22/h3-10,16-17,22,24H,11-15H2,1-2H3,(H,27,32)(H,29,30). The molecule has 34 heavy (non-hydrogen) atoms. The minimum Gasteiger partial charge on any atom is -0.481 e. The molecule has 1 aliphatic heterocycles. The largest absolute Gasteiger partial charge is 0.481 e. The molecular formula is C26H30N2O6. The van der Waals surface area contributed by atoms with Crippen LogP contribution in [0.2, 0.25) is 0 Å². The molecule has 2 unspecified atom stereocenters. The molecule has 0 spiro atoms. The van der Waals surface area contributed by atoms with Gasteiger partial charge in [0.15, 0.2) is 0 Å². The lowest BCUT2D eigenvalue weighted by molar-refractivity contribution is -0.143. The number of amides is 2. The van der Waals surface area contributed by atoms with E-state index in [1.165, 1.54) is 7.11 Å². The second kappa shape index (κ2) is 10.3. The fourth-order valence-electron chi connectivity index (χ4n) is 4.74. The number of carbonyl (C=O) groups is 3. The van der Waals surface area contributed by atoms with Gasteiger partial charge in [0.25, 0.3) is 0 Å². The zero-order chi connectivity index (χ0) is 24.2. The fourth-order valence-corrected chi connectivity index (χ4v) is 4.74. The first-order valence-electron chi connectivity index (χ1n) is 11.5. The molecule has 2 amide bonds. The quantitative estimate of drug-likeness (QED) is 0.588. The third-order valence-corrected chi connectivity index (χ3v) is 6.76. The van der Waals surface area contributed by atoms with Gasteiger partial charge in [-0.05, 0) is 41.5 Å². The number of carbonyl (C=O) groups excluding carboxylic acids is 2. The van der Waals surface area contributed by atoms with Gasteiger partial charge in [-0.3, -0.25) is 9.59 Å². The highest BCUT2D eigenvalue weighted by molar-refractivity contribution is 5.87. The molecule has 1 heterocycles. The van der Waals surface area contributed by atoms with Crippen molar-refractivity contribution in [3.8, 4) is 11.1 Å². The van der Waals surface area contributed by atoms with Gasteiger partial charge in [0.05, 0.1) is 6.10 Å². The van der Waals surface area contributed by atoms with Gasteiger partial charge in [-0.1, -0.05) is 48.5 Å². The van der Waals surface area contributed by atoms with E-state index in [2.05, 4.69) is 17.4 Å². The normalized spacial score (nSPS) is 16.7. The van der Waals surface area contributed by atoms with Crippen molar-refractivity contribution in [2.75, 3.05) is 26.8 Å². The third kappa shape index (κ3) is 4.92. The number of methoxy groups -OCH3 is 1. The predicted octanol–water partition coefficient (Wildman–Crippen LogP) is 3.25. The SMILES string of the molecule is COC(C)C(NC(=O)OCC1c2ccccc2-c2ccccc21)C(=O)N1CC(CCC(=O)O)C1. The maximum absolute atomic E-state index is 13.0. The Hall–Kier alpha value is -3.39. The maximum Gasteiger partial charge on any atom is 0.407 e. The number of aliphatic carboxylic acids is 1. The van der Waals surface area contributed by atoms with E-state index in [0.717, 1.165) is 22.3 Å². The van der Waals surface area contributed by atoms with Crippen molar-refractivity contribution >= 4 is 18.0 Å². The van der Waals surface area contributed by atoms with Crippen molar-refractivity contribution in [3.63, 3.8) is 0 Å². The van der Waals surface area contributed by atoms with E-state index in [4.69, 9.17) is 14.6 Å². The average Bonchev–Trinajstić information content (AvgIpc) is 3.13. The highest BCUT2D eigenvalue weighted by Gasteiger charge is 2.38. The number of carboxylic acid groups (broad SMARTS) is 1. The summed E-state index contributed by atoms with van der Waals surface area (Å²) in [5.74, 6) is -1.01. The van der Waals surface area contributed by atoms with Crippen molar-refractivity contribution in [2.24, 2.45) is 5.92 Å². The Balaban J connectivity index is 1.36. The second-order valence-corrected chi connectivity index (χ2v) is 8.93. The van der Waals surface area contributed by atoms with Gasteiger partial charge in [-0.15, -0.1) is 0 Å². The number of likely N-dealkylation sites (tertiary alicyclic amines) is 1. The van der Waals surface area contributed by atoms with Gasteiger partial charge in [-0.25, -0.2) is 4.79 Å². The predicted molar refractivity (Wildman–Crippen MR) is 125 cm³/mol. The number of nitrogens with one attached hydrogen (secondary N) is 1. The van der Waals surface area contributed by atoms with Crippen molar-refractivity contribution < 1.29 is 29.0 Å². The van der Waals surface area contributed by atoms with Crippen LogP contribution in [0, 0.1) is 5.92 Å². The molecule has 2 aromatic carbocycles. The van der Waals surface area contributed by atoms with Crippen LogP contribution in [0.4, 0.5) is 4.79 Å². The Bertz CT molecular complexity index is 1020. The molecule has 4 rings (SSSR count). The van der Waals surface area contributed by atoms with Crippen molar-refractivity contribution in [2.45, 2.75) is 37.8 Å². The zero-order valence-corrected chi connectivity index (χ0v) is 19.4. The Morgan fingerprint density at radius 2 is 1.65 bits per heavy atom. The summed E-state index contributed by atoms with van der Waals surface area (Å²) in [6.45, 7) is 2.83. The average molecular weight is 467 g/mol. The number of rotatable bonds is 9. The van der Waals surface area contributed by atoms with Crippen LogP contribution in [0.3, 0.4) is 0 Å². The number of carboxylic acids is 1. The third-order valence-electron chi connectivity index (χ3n) is 6.76. The molecule has 1 saturated heterocycles. The van der Waals surface area contributed by atoms with Crippen LogP contribution < -0.4 is 5.32 Å². The minimum atomic E-state index is -0.888. The molecule has 2 atom stereocenters. The monoisotopic (exact) mass is 466 g/mol. The van der Waals surface area contributed by atoms with E-state index in [9.17, 15) is 14.4 Å². The summed E-state index contributed by atoms with van der Waals surface area (Å²) in [5, 5.41) is 11.5. The highest BCUT2D eigenvalue weighted by atomic mass is 16.5. The van der Waals surface area contributed by atoms with Crippen LogP contribution in [0.25, 0.3) is 11.1 Å². The summed E-state index contributed by atoms with van der Waals surface area (Å²) in [5.41, 5.74) is 4.51. The molecule has 2 N–H and O–H groups in total. The van der Waals surface area contributed by atoms with E-state index >= 15 is 0 Å². The lowest BCUT2D eigenvalue weighted by Gasteiger charge is -2.41. The van der Waals surface area contributed by atoms with Crippen molar-refractivity contribution in [1.82, 2.24) is 10.2 Å². The second-order valence-electron chi connectivity index (χ2n) is 8.93. The molecule has 0 bridgehead atoms. The molecule has 2 aliphatic rings. The summed E-state index contributed by atoms with van der Waals surface area (Å²) < 4.78 is 10.9. The summed E-state index contributed by atoms with van der Waals surface area (Å²) in [4.78, 5) is 38.1. The van der Waals surface area contributed by atoms with E-state index in [-0.39, 0.29) is 30.8 Å². The minimum absolute atomic E-state index is 0.0717. The summed E-state index contributed by atoms with van der Waals surface area (Å²) in [6, 6.07) is 15.3. The first-order valence-corrected chi connectivity index (χ1v) is 11.5. The van der Waals surface area contributed by atoms with Crippen LogP contribution in [0.1, 0.15) is 36.8 Å². The molecule has 0 aromatic heterocycles. The number of nitrogens with zero attached hydrogens (tertiary/aromatic N) is 1. The fraction of sp³-hybridized carbons (Fsp3) is 0.423. The van der Waals surface area contributed by atoms with Gasteiger partial charge in [-0.2, -0.15) is 0 Å². The Labute approximate surface area is 198 Å². The zero-order valence-electron chi connectivity index (χ0n) is 19.4. The molecule has 180 valence electrons. The summed E-state index contributed by atoms with van der Waals surface area (Å²) in [7, 11) is 1.48. The van der Waals surface area contributed by atoms with Crippen molar-refractivity contribution in [3.05, 3.63) is 59.7 Å². The first kappa shape index (κ1) is 23.8. The smallest absolute Gasteiger partial charge is 0.407 e.